The van der Waals surface area contributed by atoms with Crippen LogP contribution in [0.15, 0.2) is 70.6 Å². The molecule has 4 rings (SSSR count). The minimum absolute atomic E-state index is 0.0590. The standard InChI is InChI=1S/C19H17N7O4S/c20-31(29,30)15-8-6-14(7-9-15)22-16(27)11-25-12-21-18-17(19(25)28)23-24-26(18)10-13-4-2-1-3-5-13/h1-9,12H,10-11H2,(H,22,27)(H2,20,29,30). The van der Waals surface area contributed by atoms with Gasteiger partial charge >= 0.3 is 0 Å². The maximum atomic E-state index is 12.7. The van der Waals surface area contributed by atoms with Crippen molar-refractivity contribution in [2.24, 2.45) is 5.14 Å². The van der Waals surface area contributed by atoms with Crippen LogP contribution < -0.4 is 16.0 Å². The lowest BCUT2D eigenvalue weighted by Gasteiger charge is -2.08. The van der Waals surface area contributed by atoms with E-state index in [1.807, 2.05) is 30.3 Å². The van der Waals surface area contributed by atoms with Crippen LogP contribution in [-0.2, 0) is 27.9 Å². The Morgan fingerprint density at radius 3 is 2.45 bits per heavy atom. The summed E-state index contributed by atoms with van der Waals surface area (Å²) >= 11 is 0. The Labute approximate surface area is 176 Å². The van der Waals surface area contributed by atoms with E-state index in [0.29, 0.717) is 17.9 Å². The number of aromatic nitrogens is 5. The highest BCUT2D eigenvalue weighted by atomic mass is 32.2. The summed E-state index contributed by atoms with van der Waals surface area (Å²) in [6.07, 6.45) is 1.26. The molecular formula is C19H17N7O4S. The Balaban J connectivity index is 1.50. The van der Waals surface area contributed by atoms with Gasteiger partial charge in [-0.3, -0.25) is 14.2 Å². The smallest absolute Gasteiger partial charge is 0.283 e. The van der Waals surface area contributed by atoms with Crippen molar-refractivity contribution in [2.45, 2.75) is 18.0 Å². The van der Waals surface area contributed by atoms with Crippen LogP contribution >= 0.6 is 0 Å². The van der Waals surface area contributed by atoms with E-state index in [1.54, 1.807) is 0 Å². The van der Waals surface area contributed by atoms with Crippen molar-refractivity contribution in [3.63, 3.8) is 0 Å². The summed E-state index contributed by atoms with van der Waals surface area (Å²) in [5.74, 6) is -0.497. The summed E-state index contributed by atoms with van der Waals surface area (Å²) in [4.78, 5) is 29.2. The summed E-state index contributed by atoms with van der Waals surface area (Å²) in [6.45, 7) is 0.104. The number of hydrogen-bond donors (Lipinski definition) is 2. The molecule has 31 heavy (non-hydrogen) atoms. The van der Waals surface area contributed by atoms with E-state index < -0.39 is 21.5 Å². The third-order valence-electron chi connectivity index (χ3n) is 4.45. The van der Waals surface area contributed by atoms with Gasteiger partial charge in [0.25, 0.3) is 5.56 Å². The van der Waals surface area contributed by atoms with E-state index in [0.717, 1.165) is 10.1 Å². The molecule has 4 aromatic rings. The minimum Gasteiger partial charge on any atom is -0.325 e. The molecule has 0 aliphatic heterocycles. The van der Waals surface area contributed by atoms with Gasteiger partial charge in [0.1, 0.15) is 12.9 Å². The number of primary sulfonamides is 1. The van der Waals surface area contributed by atoms with Crippen LogP contribution in [0.4, 0.5) is 5.69 Å². The number of carbonyl (C=O) groups excluding carboxylic acids is 1. The summed E-state index contributed by atoms with van der Waals surface area (Å²) in [6, 6.07) is 14.9. The molecule has 11 nitrogen and oxygen atoms in total. The molecule has 0 bridgehead atoms. The Hall–Kier alpha value is -3.90. The van der Waals surface area contributed by atoms with Crippen LogP contribution in [0.25, 0.3) is 11.2 Å². The molecule has 2 aromatic carbocycles. The SMILES string of the molecule is NS(=O)(=O)c1ccc(NC(=O)Cn2cnc3c(nnn3Cc3ccccc3)c2=O)cc1. The monoisotopic (exact) mass is 439 g/mol. The number of rotatable bonds is 6. The molecular weight excluding hydrogens is 422 g/mol. The quantitative estimate of drug-likeness (QED) is 0.438. The predicted octanol–water partition coefficient (Wildman–Crippen LogP) is 0.322. The van der Waals surface area contributed by atoms with E-state index >= 15 is 0 Å². The maximum Gasteiger partial charge on any atom is 0.283 e. The zero-order valence-corrected chi connectivity index (χ0v) is 16.9. The van der Waals surface area contributed by atoms with E-state index in [1.165, 1.54) is 35.3 Å². The second-order valence-corrected chi connectivity index (χ2v) is 8.26. The molecule has 0 aliphatic rings. The van der Waals surface area contributed by atoms with Crippen LogP contribution in [0, 0.1) is 0 Å². The lowest BCUT2D eigenvalue weighted by Crippen LogP contribution is -2.28. The highest BCUT2D eigenvalue weighted by Crippen LogP contribution is 2.13. The van der Waals surface area contributed by atoms with Gasteiger partial charge in [-0.05, 0) is 29.8 Å². The Kier molecular flexibility index (Phi) is 5.31. The van der Waals surface area contributed by atoms with E-state index in [-0.39, 0.29) is 17.0 Å². The molecule has 0 unspecified atom stereocenters. The fraction of sp³-hybridized carbons (Fsp3) is 0.105. The number of benzene rings is 2. The third-order valence-corrected chi connectivity index (χ3v) is 5.38. The summed E-state index contributed by atoms with van der Waals surface area (Å²) in [7, 11) is -3.82. The first kappa shape index (κ1) is 20.4. The van der Waals surface area contributed by atoms with Crippen molar-refractivity contribution < 1.29 is 13.2 Å². The number of nitrogens with one attached hydrogen (secondary N) is 1. The average Bonchev–Trinajstić information content (AvgIpc) is 3.14. The van der Waals surface area contributed by atoms with Crippen molar-refractivity contribution in [3.05, 3.63) is 76.8 Å². The summed E-state index contributed by atoms with van der Waals surface area (Å²) < 4.78 is 25.2. The number of amides is 1. The molecule has 0 radical (unpaired) electrons. The number of nitrogens with two attached hydrogens (primary N) is 1. The van der Waals surface area contributed by atoms with Crippen LogP contribution in [0.3, 0.4) is 0 Å². The molecule has 1 amide bonds. The summed E-state index contributed by atoms with van der Waals surface area (Å²) in [5.41, 5.74) is 1.22. The predicted molar refractivity (Wildman–Crippen MR) is 112 cm³/mol. The largest absolute Gasteiger partial charge is 0.325 e. The van der Waals surface area contributed by atoms with Crippen molar-refractivity contribution in [3.8, 4) is 0 Å². The lowest BCUT2D eigenvalue weighted by atomic mass is 10.2. The molecule has 158 valence electrons. The maximum absolute atomic E-state index is 12.7. The lowest BCUT2D eigenvalue weighted by molar-refractivity contribution is -0.116. The molecule has 2 heterocycles. The second-order valence-electron chi connectivity index (χ2n) is 6.70. The van der Waals surface area contributed by atoms with Gasteiger partial charge in [0.05, 0.1) is 11.4 Å². The fourth-order valence-electron chi connectivity index (χ4n) is 2.95. The van der Waals surface area contributed by atoms with Gasteiger partial charge in [0.15, 0.2) is 11.2 Å². The van der Waals surface area contributed by atoms with Gasteiger partial charge in [0, 0.05) is 5.69 Å². The fourth-order valence-corrected chi connectivity index (χ4v) is 3.46. The first-order chi connectivity index (χ1) is 14.8. The molecule has 0 fully saturated rings. The van der Waals surface area contributed by atoms with Gasteiger partial charge < -0.3 is 5.32 Å². The van der Waals surface area contributed by atoms with Gasteiger partial charge in [-0.1, -0.05) is 35.5 Å². The molecule has 12 heteroatoms. The van der Waals surface area contributed by atoms with Gasteiger partial charge in [-0.2, -0.15) is 0 Å². The molecule has 0 atom stereocenters. The molecule has 0 spiro atoms. The van der Waals surface area contributed by atoms with Crippen molar-refractivity contribution in [1.29, 1.82) is 0 Å². The molecule has 2 aromatic heterocycles. The highest BCUT2D eigenvalue weighted by molar-refractivity contribution is 7.89. The molecule has 0 saturated carbocycles. The number of sulfonamides is 1. The zero-order valence-electron chi connectivity index (χ0n) is 16.0. The third kappa shape index (κ3) is 4.49. The Morgan fingerprint density at radius 2 is 1.77 bits per heavy atom. The first-order valence-electron chi connectivity index (χ1n) is 9.06. The zero-order chi connectivity index (χ0) is 22.0. The molecule has 3 N–H and O–H groups in total. The van der Waals surface area contributed by atoms with E-state index in [4.69, 9.17) is 5.14 Å². The number of hydrogen-bond acceptors (Lipinski definition) is 7. The van der Waals surface area contributed by atoms with E-state index in [2.05, 4.69) is 20.6 Å². The minimum atomic E-state index is -3.82. The van der Waals surface area contributed by atoms with Crippen LogP contribution in [0.2, 0.25) is 0 Å². The summed E-state index contributed by atoms with van der Waals surface area (Å²) in [5, 5.41) is 15.5. The second kappa shape index (κ2) is 8.08. The average molecular weight is 439 g/mol. The van der Waals surface area contributed by atoms with Crippen LogP contribution in [0.1, 0.15) is 5.56 Å². The van der Waals surface area contributed by atoms with Gasteiger partial charge in [0.2, 0.25) is 15.9 Å². The van der Waals surface area contributed by atoms with Crippen molar-refractivity contribution in [1.82, 2.24) is 24.5 Å². The number of fused-ring (bicyclic) bond motifs is 1. The van der Waals surface area contributed by atoms with Crippen molar-refractivity contribution in [2.75, 3.05) is 5.32 Å². The Morgan fingerprint density at radius 1 is 1.06 bits per heavy atom. The Bertz CT molecular complexity index is 1410. The highest BCUT2D eigenvalue weighted by Gasteiger charge is 2.14. The van der Waals surface area contributed by atoms with Crippen LogP contribution in [0.5, 0.6) is 0 Å². The molecule has 0 saturated heterocycles. The normalized spacial score (nSPS) is 11.5. The van der Waals surface area contributed by atoms with E-state index in [9.17, 15) is 18.0 Å². The number of nitrogens with zero attached hydrogens (tertiary/aromatic N) is 5. The van der Waals surface area contributed by atoms with Crippen molar-refractivity contribution >= 4 is 32.8 Å². The molecule has 0 aliphatic carbocycles. The van der Waals surface area contributed by atoms with Gasteiger partial charge in [-0.15, -0.1) is 5.10 Å². The van der Waals surface area contributed by atoms with Gasteiger partial charge in [-0.25, -0.2) is 23.2 Å². The number of carbonyl (C=O) groups is 1. The number of anilines is 1. The topological polar surface area (TPSA) is 155 Å². The van der Waals surface area contributed by atoms with Crippen LogP contribution in [-0.4, -0.2) is 38.9 Å². The first-order valence-corrected chi connectivity index (χ1v) is 10.6.